The van der Waals surface area contributed by atoms with Crippen LogP contribution in [-0.2, 0) is 17.8 Å². The Kier molecular flexibility index (Phi) is 6.95. The molecular weight excluding hydrogens is 396 g/mol. The van der Waals surface area contributed by atoms with E-state index in [1.807, 2.05) is 35.8 Å². The second-order valence-corrected chi connectivity index (χ2v) is 7.39. The summed E-state index contributed by atoms with van der Waals surface area (Å²) < 4.78 is 7.22. The van der Waals surface area contributed by atoms with Gasteiger partial charge in [0.25, 0.3) is 0 Å². The molecule has 0 atom stereocenters. The first kappa shape index (κ1) is 20.2. The molecule has 0 saturated carbocycles. The highest BCUT2D eigenvalue weighted by Crippen LogP contribution is 2.21. The van der Waals surface area contributed by atoms with Crippen LogP contribution in [0.1, 0.15) is 18.3 Å². The number of halogens is 1. The SMILES string of the molecule is CCn1c(Cc2ccc(OC)cc2)nnc1SCC(=O)Nc1ccc(Cl)cc1. The lowest BCUT2D eigenvalue weighted by atomic mass is 10.1. The van der Waals surface area contributed by atoms with Gasteiger partial charge in [-0.25, -0.2) is 0 Å². The van der Waals surface area contributed by atoms with E-state index in [-0.39, 0.29) is 11.7 Å². The van der Waals surface area contributed by atoms with E-state index in [0.717, 1.165) is 28.8 Å². The maximum Gasteiger partial charge on any atom is 0.234 e. The summed E-state index contributed by atoms with van der Waals surface area (Å²) in [6.07, 6.45) is 0.669. The maximum absolute atomic E-state index is 12.2. The van der Waals surface area contributed by atoms with Crippen molar-refractivity contribution in [3.05, 3.63) is 64.9 Å². The van der Waals surface area contributed by atoms with Crippen molar-refractivity contribution in [2.75, 3.05) is 18.2 Å². The average Bonchev–Trinajstić information content (AvgIpc) is 3.10. The summed E-state index contributed by atoms with van der Waals surface area (Å²) in [7, 11) is 1.65. The molecule has 0 radical (unpaired) electrons. The van der Waals surface area contributed by atoms with E-state index in [0.29, 0.717) is 17.1 Å². The van der Waals surface area contributed by atoms with E-state index in [4.69, 9.17) is 16.3 Å². The second kappa shape index (κ2) is 9.61. The number of aromatic nitrogens is 3. The molecule has 0 fully saturated rings. The molecule has 0 aliphatic carbocycles. The number of hydrogen-bond acceptors (Lipinski definition) is 5. The number of methoxy groups -OCH3 is 1. The molecule has 1 heterocycles. The van der Waals surface area contributed by atoms with Crippen LogP contribution in [0.15, 0.2) is 53.7 Å². The normalized spacial score (nSPS) is 10.7. The van der Waals surface area contributed by atoms with Gasteiger partial charge in [0, 0.05) is 23.7 Å². The third-order valence-electron chi connectivity index (χ3n) is 4.09. The van der Waals surface area contributed by atoms with Gasteiger partial charge in [0.05, 0.1) is 12.9 Å². The zero-order valence-corrected chi connectivity index (χ0v) is 17.3. The van der Waals surface area contributed by atoms with Gasteiger partial charge in [0.15, 0.2) is 5.16 Å². The Labute approximate surface area is 173 Å². The molecule has 8 heteroatoms. The standard InChI is InChI=1S/C20H21ClN4O2S/c1-3-25-18(12-14-4-10-17(27-2)11-5-14)23-24-20(25)28-13-19(26)22-16-8-6-15(21)7-9-16/h4-11H,3,12-13H2,1-2H3,(H,22,26). The van der Waals surface area contributed by atoms with Crippen molar-refractivity contribution >= 4 is 35.0 Å². The molecule has 146 valence electrons. The Bertz CT molecular complexity index is 926. The van der Waals surface area contributed by atoms with Crippen molar-refractivity contribution in [2.24, 2.45) is 0 Å². The van der Waals surface area contributed by atoms with Crippen LogP contribution in [0.3, 0.4) is 0 Å². The van der Waals surface area contributed by atoms with Crippen LogP contribution in [0, 0.1) is 0 Å². The predicted octanol–water partition coefficient (Wildman–Crippen LogP) is 4.28. The van der Waals surface area contributed by atoms with Crippen LogP contribution in [0.5, 0.6) is 5.75 Å². The van der Waals surface area contributed by atoms with E-state index < -0.39 is 0 Å². The van der Waals surface area contributed by atoms with Crippen LogP contribution in [0.4, 0.5) is 5.69 Å². The molecule has 2 aromatic carbocycles. The zero-order valence-electron chi connectivity index (χ0n) is 15.7. The third-order valence-corrected chi connectivity index (χ3v) is 5.31. The molecule has 0 aliphatic rings. The number of thioether (sulfide) groups is 1. The molecule has 28 heavy (non-hydrogen) atoms. The van der Waals surface area contributed by atoms with Gasteiger partial charge in [-0.05, 0) is 48.9 Å². The quantitative estimate of drug-likeness (QED) is 0.555. The monoisotopic (exact) mass is 416 g/mol. The van der Waals surface area contributed by atoms with E-state index in [9.17, 15) is 4.79 Å². The number of nitrogens with zero attached hydrogens (tertiary/aromatic N) is 3. The first-order valence-electron chi connectivity index (χ1n) is 8.82. The molecule has 3 rings (SSSR count). The Morgan fingerprint density at radius 1 is 1.14 bits per heavy atom. The smallest absolute Gasteiger partial charge is 0.234 e. The van der Waals surface area contributed by atoms with E-state index in [1.165, 1.54) is 11.8 Å². The minimum Gasteiger partial charge on any atom is -0.497 e. The van der Waals surface area contributed by atoms with Gasteiger partial charge >= 0.3 is 0 Å². The highest BCUT2D eigenvalue weighted by atomic mass is 35.5. The Hall–Kier alpha value is -2.51. The Morgan fingerprint density at radius 3 is 2.50 bits per heavy atom. The van der Waals surface area contributed by atoms with Gasteiger partial charge in [-0.3, -0.25) is 4.79 Å². The van der Waals surface area contributed by atoms with Crippen molar-refractivity contribution < 1.29 is 9.53 Å². The van der Waals surface area contributed by atoms with Crippen molar-refractivity contribution in [2.45, 2.75) is 25.0 Å². The molecule has 0 spiro atoms. The molecule has 0 saturated heterocycles. The number of nitrogens with one attached hydrogen (secondary N) is 1. The highest BCUT2D eigenvalue weighted by molar-refractivity contribution is 7.99. The zero-order chi connectivity index (χ0) is 19.9. The maximum atomic E-state index is 12.2. The minimum absolute atomic E-state index is 0.102. The molecule has 6 nitrogen and oxygen atoms in total. The molecular formula is C20H21ClN4O2S. The first-order valence-corrected chi connectivity index (χ1v) is 10.2. The second-order valence-electron chi connectivity index (χ2n) is 6.01. The van der Waals surface area contributed by atoms with Gasteiger partial charge in [-0.15, -0.1) is 10.2 Å². The lowest BCUT2D eigenvalue weighted by Gasteiger charge is -2.08. The van der Waals surface area contributed by atoms with E-state index >= 15 is 0 Å². The summed E-state index contributed by atoms with van der Waals surface area (Å²) in [6.45, 7) is 2.78. The number of benzene rings is 2. The van der Waals surface area contributed by atoms with Crippen LogP contribution in [0.25, 0.3) is 0 Å². The Balaban J connectivity index is 1.61. The number of amides is 1. The van der Waals surface area contributed by atoms with Crippen molar-refractivity contribution in [3.63, 3.8) is 0 Å². The van der Waals surface area contributed by atoms with Gasteiger partial charge in [0.2, 0.25) is 5.91 Å². The first-order chi connectivity index (χ1) is 13.6. The summed E-state index contributed by atoms with van der Waals surface area (Å²) in [4.78, 5) is 12.2. The van der Waals surface area contributed by atoms with Crippen molar-refractivity contribution in [1.82, 2.24) is 14.8 Å². The van der Waals surface area contributed by atoms with Crippen LogP contribution >= 0.6 is 23.4 Å². The third kappa shape index (κ3) is 5.27. The lowest BCUT2D eigenvalue weighted by Crippen LogP contribution is -2.14. The predicted molar refractivity (Wildman–Crippen MR) is 112 cm³/mol. The molecule has 3 aromatic rings. The number of carbonyl (C=O) groups excluding carboxylic acids is 1. The summed E-state index contributed by atoms with van der Waals surface area (Å²) in [5, 5.41) is 12.8. The van der Waals surface area contributed by atoms with Gasteiger partial charge in [0.1, 0.15) is 11.6 Å². The number of hydrogen-bond donors (Lipinski definition) is 1. The summed E-state index contributed by atoms with van der Waals surface area (Å²) in [5.41, 5.74) is 1.84. The van der Waals surface area contributed by atoms with Crippen molar-refractivity contribution in [1.29, 1.82) is 0 Å². The van der Waals surface area contributed by atoms with Crippen LogP contribution in [-0.4, -0.2) is 33.5 Å². The average molecular weight is 417 g/mol. The van der Waals surface area contributed by atoms with E-state index in [1.54, 1.807) is 31.4 Å². The van der Waals surface area contributed by atoms with Gasteiger partial charge in [-0.1, -0.05) is 35.5 Å². The molecule has 0 unspecified atom stereocenters. The van der Waals surface area contributed by atoms with Crippen LogP contribution in [0.2, 0.25) is 5.02 Å². The van der Waals surface area contributed by atoms with Crippen LogP contribution < -0.4 is 10.1 Å². The number of ether oxygens (including phenoxy) is 1. The number of anilines is 1. The fraction of sp³-hybridized carbons (Fsp3) is 0.250. The number of rotatable bonds is 8. The highest BCUT2D eigenvalue weighted by Gasteiger charge is 2.14. The number of carbonyl (C=O) groups is 1. The molecule has 1 aromatic heterocycles. The minimum atomic E-state index is -0.102. The fourth-order valence-corrected chi connectivity index (χ4v) is 3.61. The van der Waals surface area contributed by atoms with Gasteiger partial charge in [-0.2, -0.15) is 0 Å². The molecule has 1 amide bonds. The lowest BCUT2D eigenvalue weighted by molar-refractivity contribution is -0.113. The Morgan fingerprint density at radius 2 is 1.86 bits per heavy atom. The summed E-state index contributed by atoms with van der Waals surface area (Å²) >= 11 is 7.23. The van der Waals surface area contributed by atoms with E-state index in [2.05, 4.69) is 15.5 Å². The largest absolute Gasteiger partial charge is 0.497 e. The molecule has 0 bridgehead atoms. The topological polar surface area (TPSA) is 69.0 Å². The summed E-state index contributed by atoms with van der Waals surface area (Å²) in [5.74, 6) is 1.84. The fourth-order valence-electron chi connectivity index (χ4n) is 2.66. The van der Waals surface area contributed by atoms with Crippen molar-refractivity contribution in [3.8, 4) is 5.75 Å². The molecule has 1 N–H and O–H groups in total. The van der Waals surface area contributed by atoms with Gasteiger partial charge < -0.3 is 14.6 Å². The summed E-state index contributed by atoms with van der Waals surface area (Å²) in [6, 6.07) is 14.9. The molecule has 0 aliphatic heterocycles.